The molecule has 2 N–H and O–H groups in total. The van der Waals surface area contributed by atoms with Crippen LogP contribution in [0, 0.1) is 0 Å². The number of amides is 2. The Morgan fingerprint density at radius 3 is 2.76 bits per heavy atom. The van der Waals surface area contributed by atoms with E-state index in [4.69, 9.17) is 0 Å². The van der Waals surface area contributed by atoms with Crippen molar-refractivity contribution in [3.05, 3.63) is 63.8 Å². The molecule has 150 valence electrons. The molecule has 2 aromatic heterocycles. The summed E-state index contributed by atoms with van der Waals surface area (Å²) in [6, 6.07) is 14.1. The molecule has 29 heavy (non-hydrogen) atoms. The van der Waals surface area contributed by atoms with Gasteiger partial charge in [-0.2, -0.15) is 0 Å². The van der Waals surface area contributed by atoms with Gasteiger partial charge in [-0.3, -0.25) is 9.59 Å². The van der Waals surface area contributed by atoms with E-state index in [0.717, 1.165) is 29.1 Å². The topological polar surface area (TPSA) is 71.1 Å². The first kappa shape index (κ1) is 19.8. The third-order valence-electron chi connectivity index (χ3n) is 5.20. The number of hydrogen-bond acceptors (Lipinski definition) is 5. The Hall–Kier alpha value is -2.51. The fraction of sp³-hybridized carbons (Fsp3) is 0.318. The molecule has 1 fully saturated rings. The Bertz CT molecular complexity index is 969. The van der Waals surface area contributed by atoms with Crippen LogP contribution in [0.15, 0.2) is 53.2 Å². The predicted molar refractivity (Wildman–Crippen MR) is 117 cm³/mol. The standard InChI is InChI=1S/C22H23N3O2S2/c26-19(23-14-17-15-29-21(24-17)16-5-2-1-3-6-16)8-10-22(11-9-20(27)25-22)13-18-7-4-12-28-18/h1-7,12,15H,8-11,13-14H2,(H,23,26)(H,25,27). The van der Waals surface area contributed by atoms with Gasteiger partial charge in [-0.05, 0) is 24.3 Å². The van der Waals surface area contributed by atoms with E-state index in [0.29, 0.717) is 25.8 Å². The number of nitrogens with one attached hydrogen (secondary N) is 2. The number of carbonyl (C=O) groups excluding carboxylic acids is 2. The zero-order valence-corrected chi connectivity index (χ0v) is 17.7. The van der Waals surface area contributed by atoms with Crippen molar-refractivity contribution in [2.45, 2.75) is 44.2 Å². The van der Waals surface area contributed by atoms with Crippen LogP contribution in [0.25, 0.3) is 10.6 Å². The number of benzene rings is 1. The molecule has 3 aromatic rings. The average Bonchev–Trinajstić information content (AvgIpc) is 3.48. The molecule has 1 saturated heterocycles. The van der Waals surface area contributed by atoms with Gasteiger partial charge >= 0.3 is 0 Å². The number of aromatic nitrogens is 1. The summed E-state index contributed by atoms with van der Waals surface area (Å²) < 4.78 is 0. The van der Waals surface area contributed by atoms with E-state index in [1.54, 1.807) is 22.7 Å². The van der Waals surface area contributed by atoms with Crippen LogP contribution in [0.1, 0.15) is 36.3 Å². The predicted octanol–water partition coefficient (Wildman–Crippen LogP) is 4.16. The minimum Gasteiger partial charge on any atom is -0.350 e. The van der Waals surface area contributed by atoms with E-state index in [1.807, 2.05) is 47.2 Å². The third-order valence-corrected chi connectivity index (χ3v) is 7.01. The molecule has 7 heteroatoms. The van der Waals surface area contributed by atoms with Crippen molar-refractivity contribution in [2.75, 3.05) is 0 Å². The number of thiazole rings is 1. The maximum Gasteiger partial charge on any atom is 0.220 e. The molecule has 0 spiro atoms. The highest BCUT2D eigenvalue weighted by atomic mass is 32.1. The average molecular weight is 426 g/mol. The van der Waals surface area contributed by atoms with Gasteiger partial charge in [0.1, 0.15) is 5.01 Å². The van der Waals surface area contributed by atoms with Crippen LogP contribution < -0.4 is 10.6 Å². The smallest absolute Gasteiger partial charge is 0.220 e. The molecule has 1 aliphatic heterocycles. The monoisotopic (exact) mass is 425 g/mol. The third kappa shape index (κ3) is 5.10. The molecule has 1 aliphatic rings. The molecule has 0 radical (unpaired) electrons. The summed E-state index contributed by atoms with van der Waals surface area (Å²) in [4.78, 5) is 30.1. The summed E-state index contributed by atoms with van der Waals surface area (Å²) in [7, 11) is 0. The Morgan fingerprint density at radius 1 is 1.17 bits per heavy atom. The second kappa shape index (κ2) is 8.88. The molecule has 1 aromatic carbocycles. The van der Waals surface area contributed by atoms with Crippen molar-refractivity contribution >= 4 is 34.5 Å². The number of rotatable bonds is 8. The molecular weight excluding hydrogens is 402 g/mol. The van der Waals surface area contributed by atoms with Gasteiger partial charge in [-0.15, -0.1) is 22.7 Å². The number of nitrogens with zero attached hydrogens (tertiary/aromatic N) is 1. The fourth-order valence-electron chi connectivity index (χ4n) is 3.66. The van der Waals surface area contributed by atoms with E-state index >= 15 is 0 Å². The van der Waals surface area contributed by atoms with Crippen molar-refractivity contribution in [3.8, 4) is 10.6 Å². The first-order valence-corrected chi connectivity index (χ1v) is 11.5. The zero-order chi connectivity index (χ0) is 20.1. The fourth-order valence-corrected chi connectivity index (χ4v) is 5.34. The molecule has 1 unspecified atom stereocenters. The van der Waals surface area contributed by atoms with Gasteiger partial charge in [0.2, 0.25) is 11.8 Å². The lowest BCUT2D eigenvalue weighted by atomic mass is 9.87. The maximum absolute atomic E-state index is 12.4. The highest BCUT2D eigenvalue weighted by Gasteiger charge is 2.38. The first-order valence-electron chi connectivity index (χ1n) is 9.72. The van der Waals surface area contributed by atoms with Crippen LogP contribution >= 0.6 is 22.7 Å². The first-order chi connectivity index (χ1) is 14.1. The molecular formula is C22H23N3O2S2. The van der Waals surface area contributed by atoms with Gasteiger partial charge in [0.05, 0.1) is 12.2 Å². The summed E-state index contributed by atoms with van der Waals surface area (Å²) >= 11 is 3.27. The molecule has 4 rings (SSSR count). The summed E-state index contributed by atoms with van der Waals surface area (Å²) in [5.74, 6) is 0.0730. The van der Waals surface area contributed by atoms with Crippen molar-refractivity contribution in [2.24, 2.45) is 0 Å². The van der Waals surface area contributed by atoms with Gasteiger partial charge in [0, 0.05) is 40.6 Å². The van der Waals surface area contributed by atoms with E-state index in [2.05, 4.69) is 21.7 Å². The van der Waals surface area contributed by atoms with Crippen molar-refractivity contribution in [3.63, 3.8) is 0 Å². The quantitative estimate of drug-likeness (QED) is 0.569. The van der Waals surface area contributed by atoms with Gasteiger partial charge in [-0.25, -0.2) is 4.98 Å². The molecule has 1 atom stereocenters. The normalized spacial score (nSPS) is 18.6. The van der Waals surface area contributed by atoms with Gasteiger partial charge in [0.15, 0.2) is 0 Å². The maximum atomic E-state index is 12.4. The van der Waals surface area contributed by atoms with Crippen molar-refractivity contribution in [1.29, 1.82) is 0 Å². The highest BCUT2D eigenvalue weighted by Crippen LogP contribution is 2.31. The summed E-state index contributed by atoms with van der Waals surface area (Å²) in [5, 5.41) is 11.1. The van der Waals surface area contributed by atoms with Crippen LogP contribution in [0.5, 0.6) is 0 Å². The van der Waals surface area contributed by atoms with Crippen molar-refractivity contribution in [1.82, 2.24) is 15.6 Å². The van der Waals surface area contributed by atoms with Crippen molar-refractivity contribution < 1.29 is 9.59 Å². The highest BCUT2D eigenvalue weighted by molar-refractivity contribution is 7.13. The lowest BCUT2D eigenvalue weighted by molar-refractivity contribution is -0.122. The summed E-state index contributed by atoms with van der Waals surface area (Å²) in [5.41, 5.74) is 1.65. The van der Waals surface area contributed by atoms with E-state index < -0.39 is 0 Å². The molecule has 2 amide bonds. The van der Waals surface area contributed by atoms with Crippen LogP contribution in [0.2, 0.25) is 0 Å². The van der Waals surface area contributed by atoms with Crippen LogP contribution in [0.4, 0.5) is 0 Å². The number of thiophene rings is 1. The number of hydrogen-bond donors (Lipinski definition) is 2. The lowest BCUT2D eigenvalue weighted by Crippen LogP contribution is -2.44. The molecule has 0 bridgehead atoms. The van der Waals surface area contributed by atoms with Crippen LogP contribution in [-0.4, -0.2) is 22.3 Å². The molecule has 0 saturated carbocycles. The minimum absolute atomic E-state index is 0.00837. The van der Waals surface area contributed by atoms with E-state index in [9.17, 15) is 9.59 Å². The Labute approximate surface area is 178 Å². The SMILES string of the molecule is O=C(CCC1(Cc2cccs2)CCC(=O)N1)NCc1csc(-c2ccccc2)n1. The molecule has 0 aliphatic carbocycles. The molecule has 5 nitrogen and oxygen atoms in total. The second-order valence-electron chi connectivity index (χ2n) is 7.37. The van der Waals surface area contributed by atoms with Gasteiger partial charge in [-0.1, -0.05) is 36.4 Å². The van der Waals surface area contributed by atoms with Crippen LogP contribution in [-0.2, 0) is 22.6 Å². The van der Waals surface area contributed by atoms with E-state index in [1.165, 1.54) is 4.88 Å². The van der Waals surface area contributed by atoms with Gasteiger partial charge < -0.3 is 10.6 Å². The summed E-state index contributed by atoms with van der Waals surface area (Å²) in [6.07, 6.45) is 3.14. The van der Waals surface area contributed by atoms with Crippen LogP contribution in [0.3, 0.4) is 0 Å². The summed E-state index contributed by atoms with van der Waals surface area (Å²) in [6.45, 7) is 0.423. The largest absolute Gasteiger partial charge is 0.350 e. The molecule has 3 heterocycles. The minimum atomic E-state index is -0.305. The van der Waals surface area contributed by atoms with E-state index in [-0.39, 0.29) is 17.4 Å². The zero-order valence-electron chi connectivity index (χ0n) is 16.0. The Kier molecular flexibility index (Phi) is 6.06. The Morgan fingerprint density at radius 2 is 2.03 bits per heavy atom. The number of carbonyl (C=O) groups is 2. The second-order valence-corrected chi connectivity index (χ2v) is 9.26. The Balaban J connectivity index is 1.30. The lowest BCUT2D eigenvalue weighted by Gasteiger charge is -2.28. The van der Waals surface area contributed by atoms with Gasteiger partial charge in [0.25, 0.3) is 0 Å².